The first-order valence-electron chi connectivity index (χ1n) is 6.68. The van der Waals surface area contributed by atoms with E-state index >= 15 is 0 Å². The molecule has 0 radical (unpaired) electrons. The van der Waals surface area contributed by atoms with E-state index < -0.39 is 0 Å². The Morgan fingerprint density at radius 2 is 1.95 bits per heavy atom. The zero-order chi connectivity index (χ0) is 13.7. The zero-order valence-corrected chi connectivity index (χ0v) is 11.4. The minimum Gasteiger partial charge on any atom is -0.353 e. The highest BCUT2D eigenvalue weighted by molar-refractivity contribution is 5.93. The zero-order valence-electron chi connectivity index (χ0n) is 11.4. The summed E-state index contributed by atoms with van der Waals surface area (Å²) < 4.78 is 5.12. The highest BCUT2D eigenvalue weighted by atomic mass is 16.5. The second-order valence-electron chi connectivity index (χ2n) is 5.19. The molecule has 0 aliphatic carbocycles. The molecular formula is C16H19NO2. The fraction of sp³-hybridized carbons (Fsp3) is 0.375. The van der Waals surface area contributed by atoms with E-state index in [1.807, 2.05) is 32.0 Å². The van der Waals surface area contributed by atoms with Gasteiger partial charge in [0.1, 0.15) is 0 Å². The van der Waals surface area contributed by atoms with E-state index in [9.17, 15) is 4.79 Å². The minimum absolute atomic E-state index is 0.0356. The molecule has 0 saturated heterocycles. The van der Waals surface area contributed by atoms with Gasteiger partial charge >= 0.3 is 0 Å². The van der Waals surface area contributed by atoms with Crippen molar-refractivity contribution in [1.82, 2.24) is 5.16 Å². The van der Waals surface area contributed by atoms with E-state index in [0.717, 1.165) is 18.5 Å². The largest absolute Gasteiger partial charge is 0.353 e. The van der Waals surface area contributed by atoms with Crippen LogP contribution in [0, 0.1) is 5.92 Å². The van der Waals surface area contributed by atoms with Crippen LogP contribution in [-0.2, 0) is 12.8 Å². The number of nitrogens with zero attached hydrogens (tertiary/aromatic N) is 1. The van der Waals surface area contributed by atoms with Gasteiger partial charge in [-0.05, 0) is 24.3 Å². The third kappa shape index (κ3) is 4.05. The number of carbonyl (C=O) groups is 1. The van der Waals surface area contributed by atoms with E-state index in [0.29, 0.717) is 18.1 Å². The van der Waals surface area contributed by atoms with Gasteiger partial charge in [-0.1, -0.05) is 49.3 Å². The van der Waals surface area contributed by atoms with Gasteiger partial charge in [-0.25, -0.2) is 0 Å². The fourth-order valence-electron chi connectivity index (χ4n) is 1.95. The molecule has 19 heavy (non-hydrogen) atoms. The van der Waals surface area contributed by atoms with Crippen LogP contribution in [0.1, 0.15) is 42.1 Å². The summed E-state index contributed by atoms with van der Waals surface area (Å²) in [7, 11) is 0. The summed E-state index contributed by atoms with van der Waals surface area (Å²) in [5, 5.41) is 3.96. The van der Waals surface area contributed by atoms with Gasteiger partial charge in [-0.3, -0.25) is 4.79 Å². The van der Waals surface area contributed by atoms with Crippen molar-refractivity contribution >= 4 is 5.78 Å². The minimum atomic E-state index is 0.0356. The Balaban J connectivity index is 1.92. The number of ketones is 1. The quantitative estimate of drug-likeness (QED) is 0.741. The Labute approximate surface area is 113 Å². The van der Waals surface area contributed by atoms with Crippen LogP contribution in [0.5, 0.6) is 0 Å². The van der Waals surface area contributed by atoms with Crippen LogP contribution in [0.4, 0.5) is 0 Å². The summed E-state index contributed by atoms with van der Waals surface area (Å²) in [6.07, 6.45) is 2.21. The number of carbonyl (C=O) groups excluding carboxylic acids is 1. The van der Waals surface area contributed by atoms with Gasteiger partial charge < -0.3 is 4.52 Å². The number of benzene rings is 1. The number of Topliss-reactive ketones (excluding diaryl/α,β-unsaturated/α-hetero) is 1. The second kappa shape index (κ2) is 6.32. The third-order valence-corrected chi connectivity index (χ3v) is 2.94. The normalized spacial score (nSPS) is 10.9. The Morgan fingerprint density at radius 3 is 2.63 bits per heavy atom. The molecule has 0 N–H and O–H groups in total. The third-order valence-electron chi connectivity index (χ3n) is 2.94. The van der Waals surface area contributed by atoms with Crippen molar-refractivity contribution in [3.05, 3.63) is 53.4 Å². The van der Waals surface area contributed by atoms with Crippen molar-refractivity contribution in [3.8, 4) is 0 Å². The van der Waals surface area contributed by atoms with Crippen molar-refractivity contribution in [1.29, 1.82) is 0 Å². The van der Waals surface area contributed by atoms with Crippen LogP contribution >= 0.6 is 0 Å². The Kier molecular flexibility index (Phi) is 4.50. The van der Waals surface area contributed by atoms with Gasteiger partial charge in [0.2, 0.25) is 11.5 Å². The van der Waals surface area contributed by atoms with E-state index in [2.05, 4.69) is 17.3 Å². The van der Waals surface area contributed by atoms with Crippen molar-refractivity contribution in [2.45, 2.75) is 33.1 Å². The summed E-state index contributed by atoms with van der Waals surface area (Å²) >= 11 is 0. The lowest BCUT2D eigenvalue weighted by Crippen LogP contribution is -2.01. The molecule has 0 aliphatic heterocycles. The molecule has 0 aliphatic rings. The predicted octanol–water partition coefficient (Wildman–Crippen LogP) is 3.69. The topological polar surface area (TPSA) is 43.1 Å². The van der Waals surface area contributed by atoms with Crippen LogP contribution < -0.4 is 0 Å². The molecule has 3 heteroatoms. The van der Waals surface area contributed by atoms with Gasteiger partial charge in [0, 0.05) is 12.5 Å². The maximum absolute atomic E-state index is 11.8. The number of hydrogen-bond acceptors (Lipinski definition) is 3. The monoisotopic (exact) mass is 257 g/mol. The molecule has 1 aromatic heterocycles. The number of aryl methyl sites for hydroxylation is 2. The lowest BCUT2D eigenvalue weighted by Gasteiger charge is -1.99. The van der Waals surface area contributed by atoms with Gasteiger partial charge in [0.25, 0.3) is 0 Å². The van der Waals surface area contributed by atoms with Gasteiger partial charge in [-0.15, -0.1) is 0 Å². The summed E-state index contributed by atoms with van der Waals surface area (Å²) in [4.78, 5) is 11.8. The molecule has 2 aromatic rings. The van der Waals surface area contributed by atoms with E-state index in [4.69, 9.17) is 4.52 Å². The predicted molar refractivity (Wildman–Crippen MR) is 74.1 cm³/mol. The Hall–Kier alpha value is -1.90. The second-order valence-corrected chi connectivity index (χ2v) is 5.19. The molecule has 0 bridgehead atoms. The van der Waals surface area contributed by atoms with Crippen LogP contribution in [-0.4, -0.2) is 10.9 Å². The lowest BCUT2D eigenvalue weighted by atomic mass is 10.0. The highest BCUT2D eigenvalue weighted by Crippen LogP contribution is 2.12. The van der Waals surface area contributed by atoms with Crippen LogP contribution in [0.25, 0.3) is 0 Å². The fourth-order valence-corrected chi connectivity index (χ4v) is 1.95. The average molecular weight is 257 g/mol. The standard InChI is InChI=1S/C16H19NO2/c1-12(2)10-15(18)16-11-14(17-19-16)9-8-13-6-4-3-5-7-13/h3-7,11-12H,8-10H2,1-2H3. The average Bonchev–Trinajstić information content (AvgIpc) is 2.86. The number of hydrogen-bond donors (Lipinski definition) is 0. The van der Waals surface area contributed by atoms with Crippen molar-refractivity contribution in [3.63, 3.8) is 0 Å². The molecule has 0 unspecified atom stereocenters. The van der Waals surface area contributed by atoms with E-state index in [1.165, 1.54) is 5.56 Å². The number of aromatic nitrogens is 1. The van der Waals surface area contributed by atoms with Gasteiger partial charge in [0.05, 0.1) is 5.69 Å². The van der Waals surface area contributed by atoms with Crippen molar-refractivity contribution in [2.24, 2.45) is 5.92 Å². The van der Waals surface area contributed by atoms with Crippen molar-refractivity contribution < 1.29 is 9.32 Å². The summed E-state index contributed by atoms with van der Waals surface area (Å²) in [5.41, 5.74) is 2.11. The number of rotatable bonds is 6. The van der Waals surface area contributed by atoms with E-state index in [1.54, 1.807) is 6.07 Å². The first-order valence-corrected chi connectivity index (χ1v) is 6.68. The Bertz CT molecular complexity index is 529. The molecule has 0 atom stereocenters. The molecule has 1 heterocycles. The Morgan fingerprint density at radius 1 is 1.21 bits per heavy atom. The molecular weight excluding hydrogens is 238 g/mol. The highest BCUT2D eigenvalue weighted by Gasteiger charge is 2.14. The first kappa shape index (κ1) is 13.5. The lowest BCUT2D eigenvalue weighted by molar-refractivity contribution is 0.0931. The van der Waals surface area contributed by atoms with Crippen LogP contribution in [0.3, 0.4) is 0 Å². The van der Waals surface area contributed by atoms with Gasteiger partial charge in [-0.2, -0.15) is 0 Å². The first-order chi connectivity index (χ1) is 9.15. The van der Waals surface area contributed by atoms with Crippen LogP contribution in [0.15, 0.2) is 40.9 Å². The van der Waals surface area contributed by atoms with Crippen LogP contribution in [0.2, 0.25) is 0 Å². The van der Waals surface area contributed by atoms with Gasteiger partial charge in [0.15, 0.2) is 0 Å². The molecule has 0 saturated carbocycles. The SMILES string of the molecule is CC(C)CC(=O)c1cc(CCc2ccccc2)no1. The molecule has 0 spiro atoms. The molecule has 100 valence electrons. The maximum atomic E-state index is 11.8. The van der Waals surface area contributed by atoms with Crippen molar-refractivity contribution in [2.75, 3.05) is 0 Å². The molecule has 0 amide bonds. The molecule has 3 nitrogen and oxygen atoms in total. The summed E-state index contributed by atoms with van der Waals surface area (Å²) in [5.74, 6) is 0.760. The molecule has 0 fully saturated rings. The summed E-state index contributed by atoms with van der Waals surface area (Å²) in [6, 6.07) is 12.0. The summed E-state index contributed by atoms with van der Waals surface area (Å²) in [6.45, 7) is 4.04. The maximum Gasteiger partial charge on any atom is 0.202 e. The molecule has 2 rings (SSSR count). The van der Waals surface area contributed by atoms with E-state index in [-0.39, 0.29) is 5.78 Å². The smallest absolute Gasteiger partial charge is 0.202 e. The molecule has 1 aromatic carbocycles.